The maximum absolute atomic E-state index is 12.8. The van der Waals surface area contributed by atoms with Gasteiger partial charge in [0.25, 0.3) is 0 Å². The Kier molecular flexibility index (Phi) is 5.93. The fourth-order valence-electron chi connectivity index (χ4n) is 5.55. The normalized spacial score (nSPS) is 31.3. The zero-order valence-corrected chi connectivity index (χ0v) is 17.3. The number of piperidine rings is 1. The number of ketones is 1. The molecule has 1 saturated heterocycles. The number of amides is 1. The topological polar surface area (TPSA) is 49.4 Å². The van der Waals surface area contributed by atoms with Crippen molar-refractivity contribution >= 4 is 17.4 Å². The van der Waals surface area contributed by atoms with Crippen molar-refractivity contribution in [3.05, 3.63) is 29.8 Å². The Balaban J connectivity index is 1.22. The number of hydrogen-bond acceptors (Lipinski definition) is 3. The summed E-state index contributed by atoms with van der Waals surface area (Å²) in [4.78, 5) is 27.2. The van der Waals surface area contributed by atoms with Gasteiger partial charge in [-0.3, -0.25) is 14.5 Å². The van der Waals surface area contributed by atoms with Gasteiger partial charge in [-0.2, -0.15) is 13.2 Å². The monoisotopic (exact) mass is 422 g/mol. The van der Waals surface area contributed by atoms with E-state index in [-0.39, 0.29) is 30.2 Å². The third kappa shape index (κ3) is 4.56. The molecule has 1 N–H and O–H groups in total. The molecule has 1 aromatic rings. The standard InChI is InChI=1S/C23H29F3N2O2/c1-14-5-2-3-8-19(14)28-12-17-18(13-28)22(17)20(29)9-10-21(30)27-16-7-4-6-15(11-16)23(24,25)26/h4,6-7,11,14,17-19,22H,2-3,5,8-10,12-13H2,1H3,(H,27,30)/t14?,17-,18+,19?,22?. The minimum absolute atomic E-state index is 0.00833. The van der Waals surface area contributed by atoms with E-state index in [2.05, 4.69) is 17.1 Å². The number of carbonyl (C=O) groups excluding carboxylic acids is 2. The highest BCUT2D eigenvalue weighted by atomic mass is 19.4. The molecule has 4 nitrogen and oxygen atoms in total. The number of Topliss-reactive ketones (excluding diaryl/α,β-unsaturated/α-hetero) is 1. The number of fused-ring (bicyclic) bond motifs is 1. The van der Waals surface area contributed by atoms with E-state index in [9.17, 15) is 22.8 Å². The smallest absolute Gasteiger partial charge is 0.326 e. The third-order valence-electron chi connectivity index (χ3n) is 7.20. The number of alkyl halides is 3. The fourth-order valence-corrected chi connectivity index (χ4v) is 5.55. The molecule has 1 heterocycles. The van der Waals surface area contributed by atoms with E-state index >= 15 is 0 Å². The maximum atomic E-state index is 12.8. The largest absolute Gasteiger partial charge is 0.416 e. The number of benzene rings is 1. The van der Waals surface area contributed by atoms with Gasteiger partial charge in [-0.05, 0) is 48.8 Å². The number of likely N-dealkylation sites (tertiary alicyclic amines) is 1. The summed E-state index contributed by atoms with van der Waals surface area (Å²) < 4.78 is 38.3. The Morgan fingerprint density at radius 2 is 1.80 bits per heavy atom. The maximum Gasteiger partial charge on any atom is 0.416 e. The highest BCUT2D eigenvalue weighted by Crippen LogP contribution is 2.54. The predicted octanol–water partition coefficient (Wildman–Crippen LogP) is 4.75. The number of hydrogen-bond donors (Lipinski definition) is 1. The Hall–Kier alpha value is -1.89. The van der Waals surface area contributed by atoms with Crippen molar-refractivity contribution in [3.63, 3.8) is 0 Å². The summed E-state index contributed by atoms with van der Waals surface area (Å²) in [6.45, 7) is 4.32. The van der Waals surface area contributed by atoms with Gasteiger partial charge >= 0.3 is 6.18 Å². The van der Waals surface area contributed by atoms with E-state index in [0.29, 0.717) is 17.9 Å². The molecule has 2 saturated carbocycles. The Bertz CT molecular complexity index is 798. The molecule has 1 amide bonds. The first-order chi connectivity index (χ1) is 14.2. The lowest BCUT2D eigenvalue weighted by molar-refractivity contribution is -0.137. The molecular weight excluding hydrogens is 393 g/mol. The van der Waals surface area contributed by atoms with E-state index in [1.807, 2.05) is 0 Å². The molecule has 2 aliphatic carbocycles. The molecule has 3 fully saturated rings. The average molecular weight is 422 g/mol. The Morgan fingerprint density at radius 3 is 2.47 bits per heavy atom. The molecule has 1 aliphatic heterocycles. The van der Waals surface area contributed by atoms with Crippen LogP contribution >= 0.6 is 0 Å². The fraction of sp³-hybridized carbons (Fsp3) is 0.652. The highest BCUT2D eigenvalue weighted by Gasteiger charge is 2.59. The quantitative estimate of drug-likeness (QED) is 0.720. The molecule has 0 bridgehead atoms. The van der Waals surface area contributed by atoms with Crippen molar-refractivity contribution in [2.75, 3.05) is 18.4 Å². The number of nitrogens with one attached hydrogen (secondary N) is 1. The summed E-state index contributed by atoms with van der Waals surface area (Å²) in [6, 6.07) is 5.20. The molecule has 0 aromatic heterocycles. The Labute approximate surface area is 175 Å². The van der Waals surface area contributed by atoms with E-state index in [4.69, 9.17) is 0 Å². The molecule has 164 valence electrons. The first kappa shape index (κ1) is 21.3. The number of anilines is 1. The van der Waals surface area contributed by atoms with Gasteiger partial charge in [0.2, 0.25) is 5.91 Å². The van der Waals surface area contributed by atoms with Crippen LogP contribution in [0.2, 0.25) is 0 Å². The summed E-state index contributed by atoms with van der Waals surface area (Å²) in [7, 11) is 0. The van der Waals surface area contributed by atoms with Crippen LogP contribution in [0.4, 0.5) is 18.9 Å². The van der Waals surface area contributed by atoms with Crippen LogP contribution in [0.25, 0.3) is 0 Å². The van der Waals surface area contributed by atoms with Crippen molar-refractivity contribution < 1.29 is 22.8 Å². The van der Waals surface area contributed by atoms with Gasteiger partial charge in [0.1, 0.15) is 5.78 Å². The lowest BCUT2D eigenvalue weighted by atomic mass is 9.85. The first-order valence-corrected chi connectivity index (χ1v) is 11.0. The van der Waals surface area contributed by atoms with Gasteiger partial charge in [0.05, 0.1) is 5.56 Å². The number of rotatable bonds is 6. The number of carbonyl (C=O) groups is 2. The SMILES string of the molecule is CC1CCCCC1N1C[C@@H]2C(C(=O)CCC(=O)Nc3cccc(C(F)(F)F)c3)[C@@H]2C1. The number of halogens is 3. The van der Waals surface area contributed by atoms with Crippen molar-refractivity contribution in [2.45, 2.75) is 57.7 Å². The minimum Gasteiger partial charge on any atom is -0.326 e. The average Bonchev–Trinajstić information content (AvgIpc) is 3.20. The summed E-state index contributed by atoms with van der Waals surface area (Å²) in [5.41, 5.74) is -0.707. The second-order valence-electron chi connectivity index (χ2n) is 9.23. The van der Waals surface area contributed by atoms with Crippen LogP contribution < -0.4 is 5.32 Å². The van der Waals surface area contributed by atoms with Gasteiger partial charge in [0, 0.05) is 43.6 Å². The van der Waals surface area contributed by atoms with E-state index in [1.54, 1.807) is 0 Å². The van der Waals surface area contributed by atoms with Gasteiger partial charge in [-0.15, -0.1) is 0 Å². The van der Waals surface area contributed by atoms with Crippen LogP contribution in [0.3, 0.4) is 0 Å². The molecule has 0 radical (unpaired) electrons. The summed E-state index contributed by atoms with van der Waals surface area (Å²) >= 11 is 0. The first-order valence-electron chi connectivity index (χ1n) is 11.0. The lowest BCUT2D eigenvalue weighted by Crippen LogP contribution is -2.42. The molecule has 1 aromatic carbocycles. The second kappa shape index (κ2) is 8.33. The number of nitrogens with zero attached hydrogens (tertiary/aromatic N) is 1. The minimum atomic E-state index is -4.45. The summed E-state index contributed by atoms with van der Waals surface area (Å²) in [6.07, 6.45) is 0.876. The van der Waals surface area contributed by atoms with Crippen LogP contribution in [-0.4, -0.2) is 35.7 Å². The van der Waals surface area contributed by atoms with Crippen LogP contribution in [0, 0.1) is 23.7 Å². The highest BCUT2D eigenvalue weighted by molar-refractivity contribution is 5.94. The molecular formula is C23H29F3N2O2. The van der Waals surface area contributed by atoms with Crippen LogP contribution in [0.15, 0.2) is 24.3 Å². The van der Waals surface area contributed by atoms with Crippen LogP contribution in [-0.2, 0) is 15.8 Å². The van der Waals surface area contributed by atoms with E-state index in [0.717, 1.165) is 31.1 Å². The molecule has 7 heteroatoms. The van der Waals surface area contributed by atoms with Crippen molar-refractivity contribution in [1.29, 1.82) is 0 Å². The van der Waals surface area contributed by atoms with Crippen molar-refractivity contribution in [2.24, 2.45) is 23.7 Å². The van der Waals surface area contributed by atoms with Gasteiger partial charge in [0.15, 0.2) is 0 Å². The van der Waals surface area contributed by atoms with E-state index in [1.165, 1.54) is 37.8 Å². The summed E-state index contributed by atoms with van der Waals surface area (Å²) in [5, 5.41) is 2.48. The lowest BCUT2D eigenvalue weighted by Gasteiger charge is -2.37. The molecule has 0 spiro atoms. The second-order valence-corrected chi connectivity index (χ2v) is 9.23. The zero-order chi connectivity index (χ0) is 21.5. The molecule has 3 unspecified atom stereocenters. The molecule has 3 aliphatic rings. The predicted molar refractivity (Wildman–Crippen MR) is 108 cm³/mol. The third-order valence-corrected chi connectivity index (χ3v) is 7.20. The van der Waals surface area contributed by atoms with Crippen molar-refractivity contribution in [1.82, 2.24) is 4.90 Å². The molecule has 5 atom stereocenters. The van der Waals surface area contributed by atoms with E-state index < -0.39 is 17.6 Å². The zero-order valence-electron chi connectivity index (χ0n) is 17.3. The van der Waals surface area contributed by atoms with Gasteiger partial charge in [-0.1, -0.05) is 25.8 Å². The van der Waals surface area contributed by atoms with Gasteiger partial charge in [-0.25, -0.2) is 0 Å². The van der Waals surface area contributed by atoms with Gasteiger partial charge < -0.3 is 5.32 Å². The van der Waals surface area contributed by atoms with Crippen molar-refractivity contribution in [3.8, 4) is 0 Å². The molecule has 4 rings (SSSR count). The van der Waals surface area contributed by atoms with Crippen LogP contribution in [0.5, 0.6) is 0 Å². The van der Waals surface area contributed by atoms with Crippen LogP contribution in [0.1, 0.15) is 51.0 Å². The summed E-state index contributed by atoms with van der Waals surface area (Å²) in [5.74, 6) is 1.36. The Morgan fingerprint density at radius 1 is 1.10 bits per heavy atom. The molecule has 30 heavy (non-hydrogen) atoms.